The molecule has 7 nitrogen and oxygen atoms in total. The number of hydrogen-bond donors (Lipinski definition) is 3. The summed E-state index contributed by atoms with van der Waals surface area (Å²) in [5.74, 6) is 4.30. The molecular weight excluding hydrogens is 480 g/mol. The van der Waals surface area contributed by atoms with Crippen molar-refractivity contribution in [1.82, 2.24) is 15.1 Å². The lowest BCUT2D eigenvalue weighted by atomic mass is 10.2. The highest BCUT2D eigenvalue weighted by Gasteiger charge is 2.26. The number of benzene rings is 1. The van der Waals surface area contributed by atoms with Gasteiger partial charge in [0.15, 0.2) is 5.82 Å². The average Bonchev–Trinajstić information content (AvgIpc) is 3.59. The van der Waals surface area contributed by atoms with Crippen LogP contribution in [-0.4, -0.2) is 34.0 Å². The second-order valence-electron chi connectivity index (χ2n) is 8.81. The van der Waals surface area contributed by atoms with Crippen molar-refractivity contribution in [1.29, 1.82) is 0 Å². The fraction of sp³-hybridized carbons (Fsp3) is 0.414. The first-order valence-electron chi connectivity index (χ1n) is 12.8. The van der Waals surface area contributed by atoms with Crippen molar-refractivity contribution in [3.05, 3.63) is 58.9 Å². The molecule has 1 fully saturated rings. The number of carbonyl (C=O) groups excluding carboxylic acids is 1. The number of guanidine groups is 1. The SMILES string of the molecule is C#CC.CCC.CCC/C=C1\C=C(Sc2cccc(NC(C)=O)c2)N=C(Nc2cc(C3CC3)[nH]n2)N1C. The van der Waals surface area contributed by atoms with Crippen LogP contribution in [0.15, 0.2) is 63.1 Å². The van der Waals surface area contributed by atoms with Crippen LogP contribution in [0.3, 0.4) is 0 Å². The summed E-state index contributed by atoms with van der Waals surface area (Å²) in [5, 5.41) is 14.6. The van der Waals surface area contributed by atoms with Crippen molar-refractivity contribution < 1.29 is 4.79 Å². The molecule has 1 amide bonds. The number of nitrogens with zero attached hydrogens (tertiary/aromatic N) is 3. The monoisotopic (exact) mass is 520 g/mol. The highest BCUT2D eigenvalue weighted by atomic mass is 32.2. The number of rotatable bonds is 7. The van der Waals surface area contributed by atoms with Crippen LogP contribution >= 0.6 is 11.8 Å². The molecule has 0 atom stereocenters. The number of aromatic nitrogens is 2. The van der Waals surface area contributed by atoms with Crippen LogP contribution in [-0.2, 0) is 4.79 Å². The summed E-state index contributed by atoms with van der Waals surface area (Å²) in [6, 6.07) is 9.86. The molecule has 4 rings (SSSR count). The molecule has 1 aliphatic heterocycles. The summed E-state index contributed by atoms with van der Waals surface area (Å²) < 4.78 is 0. The normalized spacial score (nSPS) is 15.3. The summed E-state index contributed by atoms with van der Waals surface area (Å²) in [5.41, 5.74) is 3.06. The van der Waals surface area contributed by atoms with Gasteiger partial charge in [0.25, 0.3) is 0 Å². The molecule has 8 heteroatoms. The lowest BCUT2D eigenvalue weighted by Crippen LogP contribution is -2.34. The van der Waals surface area contributed by atoms with E-state index in [0.717, 1.165) is 45.9 Å². The third-order valence-electron chi connectivity index (χ3n) is 5.07. The molecule has 0 unspecified atom stereocenters. The number of allylic oxidation sites excluding steroid dienone is 2. The molecule has 2 heterocycles. The summed E-state index contributed by atoms with van der Waals surface area (Å²) in [6.45, 7) is 9.58. The van der Waals surface area contributed by atoms with Gasteiger partial charge in [-0.2, -0.15) is 5.10 Å². The minimum absolute atomic E-state index is 0.0838. The zero-order valence-corrected chi connectivity index (χ0v) is 23.7. The van der Waals surface area contributed by atoms with Crippen molar-refractivity contribution in [3.63, 3.8) is 0 Å². The third-order valence-corrected chi connectivity index (χ3v) is 5.97. The van der Waals surface area contributed by atoms with Crippen LogP contribution < -0.4 is 10.6 Å². The summed E-state index contributed by atoms with van der Waals surface area (Å²) in [7, 11) is 2.01. The number of terminal acetylenes is 1. The quantitative estimate of drug-likeness (QED) is 0.333. The molecule has 0 saturated heterocycles. The Morgan fingerprint density at radius 3 is 2.62 bits per heavy atom. The second kappa shape index (κ2) is 15.6. The molecule has 1 aromatic heterocycles. The highest BCUT2D eigenvalue weighted by molar-refractivity contribution is 8.03. The van der Waals surface area contributed by atoms with Gasteiger partial charge in [-0.05, 0) is 50.5 Å². The molecule has 198 valence electrons. The van der Waals surface area contributed by atoms with E-state index in [9.17, 15) is 4.79 Å². The van der Waals surface area contributed by atoms with Gasteiger partial charge in [0.1, 0.15) is 5.03 Å². The Kier molecular flexibility index (Phi) is 12.6. The van der Waals surface area contributed by atoms with Crippen LogP contribution in [0, 0.1) is 12.3 Å². The van der Waals surface area contributed by atoms with E-state index < -0.39 is 0 Å². The predicted molar refractivity (Wildman–Crippen MR) is 158 cm³/mol. The molecule has 2 aliphatic rings. The minimum atomic E-state index is -0.0838. The van der Waals surface area contributed by atoms with Crippen molar-refractivity contribution in [2.45, 2.75) is 77.5 Å². The van der Waals surface area contributed by atoms with Gasteiger partial charge in [-0.1, -0.05) is 57.5 Å². The van der Waals surface area contributed by atoms with E-state index in [0.29, 0.717) is 5.92 Å². The van der Waals surface area contributed by atoms with E-state index >= 15 is 0 Å². The van der Waals surface area contributed by atoms with Crippen molar-refractivity contribution in [2.75, 3.05) is 17.7 Å². The van der Waals surface area contributed by atoms with Crippen LogP contribution in [0.4, 0.5) is 11.5 Å². The average molecular weight is 521 g/mol. The fourth-order valence-corrected chi connectivity index (χ4v) is 4.18. The van der Waals surface area contributed by atoms with Gasteiger partial charge in [-0.3, -0.25) is 9.89 Å². The van der Waals surface area contributed by atoms with E-state index in [1.165, 1.54) is 31.9 Å². The Hall–Kier alpha value is -3.44. The number of H-pyrrole nitrogens is 1. The molecule has 37 heavy (non-hydrogen) atoms. The van der Waals surface area contributed by atoms with Crippen molar-refractivity contribution in [2.24, 2.45) is 4.99 Å². The Morgan fingerprint density at radius 2 is 2.00 bits per heavy atom. The minimum Gasteiger partial charge on any atom is -0.326 e. The largest absolute Gasteiger partial charge is 0.326 e. The van der Waals surface area contributed by atoms with E-state index in [1.807, 2.05) is 31.3 Å². The number of aliphatic imine (C=N–C) groups is 1. The Bertz CT molecular complexity index is 1150. The van der Waals surface area contributed by atoms with E-state index in [-0.39, 0.29) is 5.91 Å². The molecular formula is C29H40N6OS. The van der Waals surface area contributed by atoms with Crippen LogP contribution in [0.25, 0.3) is 0 Å². The molecule has 0 spiro atoms. The van der Waals surface area contributed by atoms with Gasteiger partial charge >= 0.3 is 0 Å². The fourth-order valence-electron chi connectivity index (χ4n) is 3.29. The number of unbranched alkanes of at least 4 members (excludes halogenated alkanes) is 1. The molecule has 1 aromatic carbocycles. The number of aromatic amines is 1. The summed E-state index contributed by atoms with van der Waals surface area (Å²) in [6.07, 6.45) is 14.7. The number of carbonyl (C=O) groups is 1. The molecule has 3 N–H and O–H groups in total. The second-order valence-corrected chi connectivity index (χ2v) is 9.90. The standard InChI is InChI=1S/C23H28N6OS.C3H8.C3H4/c1-4-5-8-18-13-22(31-19-9-6-7-17(12-19)24-15(2)30)26-23(29(18)3)25-21-14-20(27-28-21)16-10-11-16;2*1-3-2/h6-9,12-14,16H,4-5,10-11H2,1-3H3,(H,24,30)(H2,25,26,27,28);3H2,1-2H3;1H,2H3/b18-8+;;. The number of nitrogens with one attached hydrogen (secondary N) is 3. The maximum Gasteiger partial charge on any atom is 0.221 e. The van der Waals surface area contributed by atoms with Crippen LogP contribution in [0.1, 0.15) is 78.3 Å². The summed E-state index contributed by atoms with van der Waals surface area (Å²) in [4.78, 5) is 19.3. The van der Waals surface area contributed by atoms with Gasteiger partial charge in [0, 0.05) is 47.9 Å². The predicted octanol–water partition coefficient (Wildman–Crippen LogP) is 7.33. The van der Waals surface area contributed by atoms with Gasteiger partial charge in [0.05, 0.1) is 0 Å². The number of amides is 1. The lowest BCUT2D eigenvalue weighted by Gasteiger charge is -2.27. The zero-order valence-electron chi connectivity index (χ0n) is 22.9. The van der Waals surface area contributed by atoms with Gasteiger partial charge < -0.3 is 15.5 Å². The number of hydrogen-bond acceptors (Lipinski definition) is 6. The van der Waals surface area contributed by atoms with Crippen molar-refractivity contribution >= 4 is 35.1 Å². The number of anilines is 2. The Labute approximate surface area is 226 Å². The number of thioether (sulfide) groups is 1. The number of likely N-dealkylation sites (N-methyl/N-ethyl adjacent to an activating group) is 1. The smallest absolute Gasteiger partial charge is 0.221 e. The molecule has 0 bridgehead atoms. The Morgan fingerprint density at radius 1 is 1.30 bits per heavy atom. The molecule has 1 saturated carbocycles. The van der Waals surface area contributed by atoms with E-state index in [1.54, 1.807) is 18.7 Å². The Balaban J connectivity index is 0.000000733. The van der Waals surface area contributed by atoms with Crippen LogP contribution in [0.2, 0.25) is 0 Å². The van der Waals surface area contributed by atoms with Gasteiger partial charge in [0.2, 0.25) is 11.9 Å². The van der Waals surface area contributed by atoms with Crippen molar-refractivity contribution in [3.8, 4) is 12.3 Å². The van der Waals surface area contributed by atoms with Crippen LogP contribution in [0.5, 0.6) is 0 Å². The first-order chi connectivity index (χ1) is 17.8. The third kappa shape index (κ3) is 10.2. The molecule has 1 aliphatic carbocycles. The molecule has 0 radical (unpaired) electrons. The lowest BCUT2D eigenvalue weighted by molar-refractivity contribution is -0.114. The van der Waals surface area contributed by atoms with Gasteiger partial charge in [-0.25, -0.2) is 4.99 Å². The highest BCUT2D eigenvalue weighted by Crippen LogP contribution is 2.39. The first kappa shape index (κ1) is 29.8. The summed E-state index contributed by atoms with van der Waals surface area (Å²) >= 11 is 1.57. The van der Waals surface area contributed by atoms with Gasteiger partial charge in [-0.15, -0.1) is 12.3 Å². The topological polar surface area (TPSA) is 85.4 Å². The maximum absolute atomic E-state index is 11.4. The molecule has 2 aromatic rings. The maximum atomic E-state index is 11.4. The van der Waals surface area contributed by atoms with E-state index in [4.69, 9.17) is 4.99 Å². The zero-order chi connectivity index (χ0) is 27.2. The van der Waals surface area contributed by atoms with E-state index in [2.05, 4.69) is 77.1 Å². The first-order valence-corrected chi connectivity index (χ1v) is 13.7.